The van der Waals surface area contributed by atoms with Gasteiger partial charge in [0.15, 0.2) is 5.84 Å². The molecule has 0 spiro atoms. The lowest BCUT2D eigenvalue weighted by Crippen LogP contribution is -2.53. The summed E-state index contributed by atoms with van der Waals surface area (Å²) in [5.74, 6) is 1.59. The maximum absolute atomic E-state index is 5.23. The van der Waals surface area contributed by atoms with Gasteiger partial charge in [-0.2, -0.15) is 0 Å². The predicted molar refractivity (Wildman–Crippen MR) is 144 cm³/mol. The van der Waals surface area contributed by atoms with Gasteiger partial charge in [-0.3, -0.25) is 0 Å². The first kappa shape index (κ1) is 21.1. The van der Waals surface area contributed by atoms with E-state index in [2.05, 4.69) is 101 Å². The minimum Gasteiger partial charge on any atom is -0.347 e. The lowest BCUT2D eigenvalue weighted by Gasteiger charge is -2.46. The Labute approximate surface area is 208 Å². The quantitative estimate of drug-likeness (QED) is 0.302. The van der Waals surface area contributed by atoms with Gasteiger partial charge in [0.05, 0.1) is 10.2 Å². The van der Waals surface area contributed by atoms with Crippen LogP contribution in [-0.2, 0) is 5.41 Å². The highest BCUT2D eigenvalue weighted by Crippen LogP contribution is 2.55. The Morgan fingerprint density at radius 3 is 2.03 bits per heavy atom. The molecular formula is C30H24BrN3. The zero-order valence-electron chi connectivity index (χ0n) is 18.8. The first-order valence-electron chi connectivity index (χ1n) is 11.5. The zero-order valence-corrected chi connectivity index (χ0v) is 20.4. The molecule has 6 rings (SSSR count). The number of nitrogens with one attached hydrogen (secondary N) is 1. The van der Waals surface area contributed by atoms with Crippen molar-refractivity contribution in [3.8, 4) is 11.1 Å². The van der Waals surface area contributed by atoms with Crippen LogP contribution in [0.4, 0.5) is 0 Å². The summed E-state index contributed by atoms with van der Waals surface area (Å²) >= 11 is 4.12. The Kier molecular flexibility index (Phi) is 5.19. The van der Waals surface area contributed by atoms with E-state index in [1.807, 2.05) is 36.4 Å². The van der Waals surface area contributed by atoms with Crippen LogP contribution in [0.15, 0.2) is 119 Å². The summed E-state index contributed by atoms with van der Waals surface area (Å²) in [6.45, 7) is 2.30. The molecule has 4 aromatic carbocycles. The van der Waals surface area contributed by atoms with Crippen LogP contribution in [0, 0.1) is 0 Å². The highest BCUT2D eigenvalue weighted by molar-refractivity contribution is 9.09. The van der Waals surface area contributed by atoms with Gasteiger partial charge >= 0.3 is 0 Å². The van der Waals surface area contributed by atoms with Gasteiger partial charge in [0.1, 0.15) is 12.0 Å². The number of alkyl halides is 1. The van der Waals surface area contributed by atoms with E-state index in [0.29, 0.717) is 0 Å². The van der Waals surface area contributed by atoms with E-state index in [1.54, 1.807) is 0 Å². The molecule has 1 N–H and O–H groups in total. The molecule has 3 unspecified atom stereocenters. The Hall–Kier alpha value is -3.50. The minimum absolute atomic E-state index is 0.0690. The summed E-state index contributed by atoms with van der Waals surface area (Å²) in [6.07, 6.45) is -0.228. The summed E-state index contributed by atoms with van der Waals surface area (Å²) in [7, 11) is 0. The SMILES string of the molecule is CC1(C2N=C(c3ccccc3)N=C(c3ccccc3)N2)c2ccccc2-c2ccccc2C1Br. The summed E-state index contributed by atoms with van der Waals surface area (Å²) in [5, 5.41) is 3.71. The van der Waals surface area contributed by atoms with E-state index in [4.69, 9.17) is 9.98 Å². The number of hydrogen-bond donors (Lipinski definition) is 1. The second kappa shape index (κ2) is 8.37. The van der Waals surface area contributed by atoms with Crippen LogP contribution in [0.1, 0.15) is 34.0 Å². The molecule has 0 saturated carbocycles. The van der Waals surface area contributed by atoms with Crippen molar-refractivity contribution in [3.63, 3.8) is 0 Å². The molecule has 0 bridgehead atoms. The number of benzene rings is 4. The van der Waals surface area contributed by atoms with Crippen molar-refractivity contribution in [2.24, 2.45) is 9.98 Å². The number of nitrogens with zero attached hydrogens (tertiary/aromatic N) is 2. The highest BCUT2D eigenvalue weighted by atomic mass is 79.9. The predicted octanol–water partition coefficient (Wildman–Crippen LogP) is 6.88. The third kappa shape index (κ3) is 3.33. The van der Waals surface area contributed by atoms with Crippen molar-refractivity contribution in [2.45, 2.75) is 23.3 Å². The standard InChI is InChI=1S/C30H24BrN3/c1-30(25-19-11-10-17-23(25)22-16-8-9-18-24(22)26(30)31)29-33-27(20-12-4-2-5-13-20)32-28(34-29)21-14-6-3-7-15-21/h2-19,26,29H,1H3,(H,32,33,34). The minimum atomic E-state index is -0.360. The first-order valence-corrected chi connectivity index (χ1v) is 12.4. The fourth-order valence-corrected chi connectivity index (χ4v) is 6.00. The third-order valence-corrected chi connectivity index (χ3v) is 8.39. The molecule has 3 nitrogen and oxygen atoms in total. The molecule has 0 fully saturated rings. The Morgan fingerprint density at radius 1 is 0.706 bits per heavy atom. The summed E-state index contributed by atoms with van der Waals surface area (Å²) in [6, 6.07) is 37.9. The van der Waals surface area contributed by atoms with Crippen molar-refractivity contribution in [2.75, 3.05) is 0 Å². The normalized spacial score (nSPS) is 23.1. The first-order chi connectivity index (χ1) is 16.7. The van der Waals surface area contributed by atoms with Crippen LogP contribution in [0.5, 0.6) is 0 Å². The number of fused-ring (bicyclic) bond motifs is 3. The van der Waals surface area contributed by atoms with Gasteiger partial charge < -0.3 is 5.32 Å². The van der Waals surface area contributed by atoms with Gasteiger partial charge in [0.2, 0.25) is 0 Å². The monoisotopic (exact) mass is 505 g/mol. The molecule has 166 valence electrons. The van der Waals surface area contributed by atoms with Gasteiger partial charge in [-0.25, -0.2) is 9.98 Å². The average Bonchev–Trinajstić information content (AvgIpc) is 2.92. The fraction of sp³-hybridized carbons (Fsp3) is 0.133. The van der Waals surface area contributed by atoms with Gasteiger partial charge in [-0.15, -0.1) is 0 Å². The van der Waals surface area contributed by atoms with E-state index in [1.165, 1.54) is 22.3 Å². The van der Waals surface area contributed by atoms with E-state index in [9.17, 15) is 0 Å². The topological polar surface area (TPSA) is 36.8 Å². The van der Waals surface area contributed by atoms with Gasteiger partial charge in [0.25, 0.3) is 0 Å². The Balaban J connectivity index is 1.55. The maximum Gasteiger partial charge on any atom is 0.159 e. The largest absolute Gasteiger partial charge is 0.347 e. The molecule has 0 saturated heterocycles. The second-order valence-electron chi connectivity index (χ2n) is 8.97. The number of rotatable bonds is 3. The number of amidine groups is 2. The molecule has 1 aliphatic heterocycles. The lowest BCUT2D eigenvalue weighted by atomic mass is 9.67. The highest BCUT2D eigenvalue weighted by Gasteiger charge is 2.49. The van der Waals surface area contributed by atoms with Gasteiger partial charge in [-0.1, -0.05) is 132 Å². The number of hydrogen-bond acceptors (Lipinski definition) is 3. The molecule has 0 amide bonds. The van der Waals surface area contributed by atoms with Crippen LogP contribution in [-0.4, -0.2) is 17.8 Å². The summed E-state index contributed by atoms with van der Waals surface area (Å²) < 4.78 is 0. The smallest absolute Gasteiger partial charge is 0.159 e. The zero-order chi connectivity index (χ0) is 23.1. The molecule has 34 heavy (non-hydrogen) atoms. The van der Waals surface area contributed by atoms with Crippen molar-refractivity contribution in [1.82, 2.24) is 5.32 Å². The summed E-state index contributed by atoms with van der Waals surface area (Å²) in [5.41, 5.74) is 6.80. The van der Waals surface area contributed by atoms with Crippen molar-refractivity contribution >= 4 is 27.6 Å². The molecule has 0 radical (unpaired) electrons. The van der Waals surface area contributed by atoms with Crippen LogP contribution < -0.4 is 5.32 Å². The van der Waals surface area contributed by atoms with Gasteiger partial charge in [-0.05, 0) is 22.3 Å². The molecule has 1 aliphatic carbocycles. The van der Waals surface area contributed by atoms with E-state index < -0.39 is 0 Å². The van der Waals surface area contributed by atoms with Crippen molar-refractivity contribution in [3.05, 3.63) is 131 Å². The summed E-state index contributed by atoms with van der Waals surface area (Å²) in [4.78, 5) is 10.3. The molecule has 4 aromatic rings. The van der Waals surface area contributed by atoms with Gasteiger partial charge in [0, 0.05) is 11.1 Å². The van der Waals surface area contributed by atoms with Crippen LogP contribution in [0.2, 0.25) is 0 Å². The molecule has 1 heterocycles. The third-order valence-electron chi connectivity index (χ3n) is 6.95. The van der Waals surface area contributed by atoms with Crippen LogP contribution in [0.3, 0.4) is 0 Å². The second-order valence-corrected chi connectivity index (χ2v) is 9.89. The maximum atomic E-state index is 5.23. The lowest BCUT2D eigenvalue weighted by molar-refractivity contribution is 0.347. The van der Waals surface area contributed by atoms with Crippen molar-refractivity contribution in [1.29, 1.82) is 0 Å². The van der Waals surface area contributed by atoms with Crippen LogP contribution >= 0.6 is 15.9 Å². The number of aliphatic imine (C=N–C) groups is 2. The van der Waals surface area contributed by atoms with E-state index in [-0.39, 0.29) is 16.4 Å². The fourth-order valence-electron chi connectivity index (χ4n) is 5.10. The molecular weight excluding hydrogens is 482 g/mol. The van der Waals surface area contributed by atoms with Crippen LogP contribution in [0.25, 0.3) is 11.1 Å². The average molecular weight is 506 g/mol. The van der Waals surface area contributed by atoms with E-state index in [0.717, 1.165) is 22.8 Å². The van der Waals surface area contributed by atoms with E-state index >= 15 is 0 Å². The number of halogens is 1. The Bertz CT molecular complexity index is 1410. The molecule has 4 heteroatoms. The molecule has 3 atom stereocenters. The molecule has 0 aromatic heterocycles. The van der Waals surface area contributed by atoms with Crippen molar-refractivity contribution < 1.29 is 0 Å². The molecule has 2 aliphatic rings. The Morgan fingerprint density at radius 2 is 1.29 bits per heavy atom.